The van der Waals surface area contributed by atoms with Crippen LogP contribution < -0.4 is 0 Å². The largest absolute Gasteiger partial charge is 0.416 e. The van der Waals surface area contributed by atoms with Gasteiger partial charge in [-0.15, -0.1) is 0 Å². The molecule has 0 aliphatic carbocycles. The number of hydrogen-bond acceptors (Lipinski definition) is 4. The van der Waals surface area contributed by atoms with Gasteiger partial charge in [-0.3, -0.25) is 4.90 Å². The molecule has 3 aromatic rings. The Labute approximate surface area is 153 Å². The first-order valence-corrected chi connectivity index (χ1v) is 8.52. The number of aromatic nitrogens is 4. The first-order chi connectivity index (χ1) is 13.0. The van der Waals surface area contributed by atoms with Crippen LogP contribution >= 0.6 is 0 Å². The summed E-state index contributed by atoms with van der Waals surface area (Å²) in [5.41, 5.74) is 1.65. The lowest BCUT2D eigenvalue weighted by atomic mass is 10.1. The number of alkyl halides is 3. The normalized spacial score (nSPS) is 18.7. The maximum atomic E-state index is 12.7. The molecule has 4 rings (SSSR count). The molecule has 27 heavy (non-hydrogen) atoms. The van der Waals surface area contributed by atoms with Crippen molar-refractivity contribution in [2.45, 2.75) is 18.8 Å². The van der Waals surface area contributed by atoms with Gasteiger partial charge in [-0.2, -0.15) is 13.2 Å². The van der Waals surface area contributed by atoms with Crippen LogP contribution in [0.2, 0.25) is 0 Å². The number of ether oxygens (including phenoxy) is 1. The van der Waals surface area contributed by atoms with Crippen LogP contribution in [0.15, 0.2) is 43.0 Å². The fraction of sp³-hybridized carbons (Fsp3) is 0.333. The van der Waals surface area contributed by atoms with Crippen LogP contribution in [0, 0.1) is 0 Å². The van der Waals surface area contributed by atoms with Crippen molar-refractivity contribution in [2.75, 3.05) is 19.8 Å². The van der Waals surface area contributed by atoms with Crippen molar-refractivity contribution < 1.29 is 17.9 Å². The van der Waals surface area contributed by atoms with Crippen LogP contribution in [0.4, 0.5) is 13.2 Å². The first kappa shape index (κ1) is 17.7. The van der Waals surface area contributed by atoms with Crippen LogP contribution in [-0.4, -0.2) is 44.6 Å². The van der Waals surface area contributed by atoms with Crippen LogP contribution in [0.1, 0.15) is 23.1 Å². The summed E-state index contributed by atoms with van der Waals surface area (Å²) in [5.74, 6) is 0.726. The van der Waals surface area contributed by atoms with E-state index in [4.69, 9.17) is 4.74 Å². The minimum atomic E-state index is -4.34. The molecule has 142 valence electrons. The lowest BCUT2D eigenvalue weighted by Gasteiger charge is -2.33. The zero-order valence-electron chi connectivity index (χ0n) is 14.3. The van der Waals surface area contributed by atoms with Gasteiger partial charge in [0.25, 0.3) is 0 Å². The summed E-state index contributed by atoms with van der Waals surface area (Å²) in [5, 5.41) is 0. The Morgan fingerprint density at radius 1 is 1.19 bits per heavy atom. The fourth-order valence-corrected chi connectivity index (χ4v) is 3.16. The van der Waals surface area contributed by atoms with Gasteiger partial charge >= 0.3 is 6.18 Å². The number of nitrogens with one attached hydrogen (secondary N) is 2. The Bertz CT molecular complexity index is 873. The molecule has 1 aliphatic rings. The number of halogens is 3. The Morgan fingerprint density at radius 2 is 2.00 bits per heavy atom. The second kappa shape index (κ2) is 7.16. The van der Waals surface area contributed by atoms with Gasteiger partial charge in [0, 0.05) is 25.0 Å². The zero-order valence-corrected chi connectivity index (χ0v) is 14.3. The molecule has 1 aliphatic heterocycles. The molecular weight excluding hydrogens is 359 g/mol. The number of morpholine rings is 1. The Morgan fingerprint density at radius 3 is 2.70 bits per heavy atom. The molecule has 0 radical (unpaired) electrons. The molecule has 0 amide bonds. The number of rotatable bonds is 4. The molecule has 0 spiro atoms. The average molecular weight is 377 g/mol. The average Bonchev–Trinajstić information content (AvgIpc) is 3.34. The molecule has 9 heteroatoms. The second-order valence-electron chi connectivity index (χ2n) is 6.40. The summed E-state index contributed by atoms with van der Waals surface area (Å²) in [6.07, 6.45) is 0.716. The van der Waals surface area contributed by atoms with Crippen molar-refractivity contribution >= 4 is 0 Å². The van der Waals surface area contributed by atoms with Crippen molar-refractivity contribution in [3.8, 4) is 11.3 Å². The van der Waals surface area contributed by atoms with Gasteiger partial charge in [-0.1, -0.05) is 12.1 Å². The maximum absolute atomic E-state index is 12.7. The molecule has 0 bridgehead atoms. The molecule has 1 fully saturated rings. The highest BCUT2D eigenvalue weighted by Gasteiger charge is 2.30. The van der Waals surface area contributed by atoms with Crippen LogP contribution in [0.25, 0.3) is 11.3 Å². The molecule has 1 aromatic carbocycles. The van der Waals surface area contributed by atoms with Gasteiger partial charge in [0.15, 0.2) is 0 Å². The smallest absolute Gasteiger partial charge is 0.378 e. The molecule has 1 atom stereocenters. The highest BCUT2D eigenvalue weighted by Crippen LogP contribution is 2.31. The van der Waals surface area contributed by atoms with Gasteiger partial charge < -0.3 is 14.7 Å². The molecule has 1 unspecified atom stereocenters. The zero-order chi connectivity index (χ0) is 18.9. The molecular formula is C18H18F3N5O. The molecule has 1 saturated heterocycles. The first-order valence-electron chi connectivity index (χ1n) is 8.52. The topological polar surface area (TPSA) is 69.8 Å². The van der Waals surface area contributed by atoms with E-state index in [0.29, 0.717) is 31.0 Å². The van der Waals surface area contributed by atoms with Crippen molar-refractivity contribution in [3.63, 3.8) is 0 Å². The van der Waals surface area contributed by atoms with Crippen molar-refractivity contribution in [1.29, 1.82) is 0 Å². The highest BCUT2D eigenvalue weighted by atomic mass is 19.4. The number of hydrogen-bond donors (Lipinski definition) is 2. The number of aromatic amines is 2. The summed E-state index contributed by atoms with van der Waals surface area (Å²) in [7, 11) is 0. The van der Waals surface area contributed by atoms with Crippen LogP contribution in [0.5, 0.6) is 0 Å². The molecule has 0 saturated carbocycles. The van der Waals surface area contributed by atoms with E-state index in [1.165, 1.54) is 12.1 Å². The van der Waals surface area contributed by atoms with Gasteiger partial charge in [0.1, 0.15) is 5.82 Å². The Kier molecular flexibility index (Phi) is 4.71. The van der Waals surface area contributed by atoms with E-state index < -0.39 is 11.7 Å². The quantitative estimate of drug-likeness (QED) is 0.731. The second-order valence-corrected chi connectivity index (χ2v) is 6.40. The van der Waals surface area contributed by atoms with E-state index in [9.17, 15) is 13.2 Å². The van der Waals surface area contributed by atoms with E-state index in [0.717, 1.165) is 30.2 Å². The molecule has 3 heterocycles. The molecule has 2 N–H and O–H groups in total. The minimum absolute atomic E-state index is 0.0646. The van der Waals surface area contributed by atoms with E-state index in [1.807, 2.05) is 0 Å². The minimum Gasteiger partial charge on any atom is -0.378 e. The summed E-state index contributed by atoms with van der Waals surface area (Å²) < 4.78 is 43.8. The van der Waals surface area contributed by atoms with Crippen LogP contribution in [-0.2, 0) is 17.5 Å². The maximum Gasteiger partial charge on any atom is 0.416 e. The van der Waals surface area contributed by atoms with Gasteiger partial charge in [0.05, 0.1) is 43.0 Å². The molecule has 2 aromatic heterocycles. The predicted molar refractivity (Wildman–Crippen MR) is 91.6 cm³/mol. The third kappa shape index (κ3) is 3.88. The van der Waals surface area contributed by atoms with E-state index >= 15 is 0 Å². The van der Waals surface area contributed by atoms with Crippen molar-refractivity contribution in [3.05, 3.63) is 60.1 Å². The van der Waals surface area contributed by atoms with Gasteiger partial charge in [-0.25, -0.2) is 9.97 Å². The standard InChI is InChI=1S/C18H18F3N5O/c19-18(20,21)13-3-1-12(2-4-13)15-8-23-17(25-15)16-10-27-6-5-26(16)9-14-7-22-11-24-14/h1-4,7-8,11,16H,5-6,9-10H2,(H,22,24)(H,23,25). The lowest BCUT2D eigenvalue weighted by molar-refractivity contribution is -0.137. The van der Waals surface area contributed by atoms with Crippen molar-refractivity contribution in [2.24, 2.45) is 0 Å². The van der Waals surface area contributed by atoms with Gasteiger partial charge in [0.2, 0.25) is 0 Å². The summed E-state index contributed by atoms with van der Waals surface area (Å²) in [4.78, 5) is 17.0. The third-order valence-corrected chi connectivity index (χ3v) is 4.60. The van der Waals surface area contributed by atoms with E-state index in [2.05, 4.69) is 24.8 Å². The molecule has 6 nitrogen and oxygen atoms in total. The van der Waals surface area contributed by atoms with Gasteiger partial charge in [-0.05, 0) is 17.7 Å². The third-order valence-electron chi connectivity index (χ3n) is 4.60. The number of imidazole rings is 2. The summed E-state index contributed by atoms with van der Waals surface area (Å²) in [6.45, 7) is 2.57. The van der Waals surface area contributed by atoms with Crippen molar-refractivity contribution in [1.82, 2.24) is 24.8 Å². The number of nitrogens with zero attached hydrogens (tertiary/aromatic N) is 3. The summed E-state index contributed by atoms with van der Waals surface area (Å²) in [6, 6.07) is 4.97. The predicted octanol–water partition coefficient (Wildman–Crippen LogP) is 3.39. The fourth-order valence-electron chi connectivity index (χ4n) is 3.16. The SMILES string of the molecule is FC(F)(F)c1ccc(-c2cnc(C3COCCN3Cc3cnc[nH]3)[nH]2)cc1. The van der Waals surface area contributed by atoms with E-state index in [-0.39, 0.29) is 6.04 Å². The highest BCUT2D eigenvalue weighted by molar-refractivity contribution is 5.59. The number of H-pyrrole nitrogens is 2. The van der Waals surface area contributed by atoms with Crippen LogP contribution in [0.3, 0.4) is 0 Å². The number of benzene rings is 1. The summed E-state index contributed by atoms with van der Waals surface area (Å²) >= 11 is 0. The monoisotopic (exact) mass is 377 g/mol. The van der Waals surface area contributed by atoms with E-state index in [1.54, 1.807) is 18.7 Å². The Balaban J connectivity index is 1.53. The lowest BCUT2D eigenvalue weighted by Crippen LogP contribution is -2.39. The Hall–Kier alpha value is -2.65.